The molecule has 29 heavy (non-hydrogen) atoms. The van der Waals surface area contributed by atoms with Crippen molar-refractivity contribution in [3.05, 3.63) is 66.5 Å². The molecular formula is C21H22N6O2. The topological polar surface area (TPSA) is 83.5 Å². The molecule has 0 saturated carbocycles. The van der Waals surface area contributed by atoms with Gasteiger partial charge in [0.25, 0.3) is 5.91 Å². The van der Waals surface area contributed by atoms with Crippen LogP contribution in [0.3, 0.4) is 0 Å². The molecule has 4 rings (SSSR count). The van der Waals surface area contributed by atoms with E-state index in [1.165, 1.54) is 0 Å². The molecule has 1 aliphatic rings. The minimum Gasteiger partial charge on any atom is -0.497 e. The number of piperazine rings is 1. The molecule has 0 unspecified atom stereocenters. The fraction of sp³-hybridized carbons (Fsp3) is 0.238. The molecule has 0 spiro atoms. The number of aromatic nitrogens is 3. The molecule has 0 atom stereocenters. The molecule has 1 saturated heterocycles. The highest BCUT2D eigenvalue weighted by atomic mass is 16.5. The number of amides is 1. The molecule has 1 amide bonds. The average Bonchev–Trinajstić information content (AvgIpc) is 2.80. The van der Waals surface area contributed by atoms with Crippen LogP contribution in [0, 0.1) is 0 Å². The summed E-state index contributed by atoms with van der Waals surface area (Å²) in [5.74, 6) is 2.12. The highest BCUT2D eigenvalue weighted by Crippen LogP contribution is 2.19. The molecule has 0 bridgehead atoms. The molecule has 2 aromatic heterocycles. The number of methoxy groups -OCH3 is 1. The zero-order chi connectivity index (χ0) is 20.1. The van der Waals surface area contributed by atoms with Crippen LogP contribution in [0.5, 0.6) is 5.75 Å². The molecule has 1 aliphatic heterocycles. The molecule has 8 nitrogen and oxygen atoms in total. The Bertz CT molecular complexity index is 956. The minimum absolute atomic E-state index is 0.267. The van der Waals surface area contributed by atoms with E-state index in [0.717, 1.165) is 37.8 Å². The standard InChI is InChI=1S/C21H22N6O2/c1-29-17-6-4-5-16(15-17)23-21(28)18-8-9-20(25-24-18)27-13-11-26(12-14-27)19-7-2-3-10-22-19/h2-10,15H,11-14H2,1H3,(H,23,28). The summed E-state index contributed by atoms with van der Waals surface area (Å²) >= 11 is 0. The number of nitrogens with one attached hydrogen (secondary N) is 1. The first-order valence-electron chi connectivity index (χ1n) is 9.43. The van der Waals surface area contributed by atoms with Crippen molar-refractivity contribution in [2.45, 2.75) is 0 Å². The number of anilines is 3. The first kappa shape index (κ1) is 18.7. The Labute approximate surface area is 169 Å². The number of rotatable bonds is 5. The fourth-order valence-electron chi connectivity index (χ4n) is 3.22. The van der Waals surface area contributed by atoms with Crippen molar-refractivity contribution in [2.75, 3.05) is 48.4 Å². The van der Waals surface area contributed by atoms with Gasteiger partial charge in [0.15, 0.2) is 11.5 Å². The van der Waals surface area contributed by atoms with Crippen molar-refractivity contribution in [1.82, 2.24) is 15.2 Å². The third-order valence-electron chi connectivity index (χ3n) is 4.79. The predicted molar refractivity (Wildman–Crippen MR) is 112 cm³/mol. The largest absolute Gasteiger partial charge is 0.497 e. The molecular weight excluding hydrogens is 368 g/mol. The zero-order valence-electron chi connectivity index (χ0n) is 16.2. The van der Waals surface area contributed by atoms with Gasteiger partial charge < -0.3 is 19.9 Å². The van der Waals surface area contributed by atoms with E-state index < -0.39 is 0 Å². The zero-order valence-corrected chi connectivity index (χ0v) is 16.2. The Kier molecular flexibility index (Phi) is 5.51. The van der Waals surface area contributed by atoms with E-state index in [1.807, 2.05) is 42.6 Å². The van der Waals surface area contributed by atoms with Crippen LogP contribution in [0.1, 0.15) is 10.5 Å². The van der Waals surface area contributed by atoms with Gasteiger partial charge in [-0.05, 0) is 36.4 Å². The second-order valence-electron chi connectivity index (χ2n) is 6.62. The van der Waals surface area contributed by atoms with Crippen molar-refractivity contribution in [1.29, 1.82) is 0 Å². The summed E-state index contributed by atoms with van der Waals surface area (Å²) in [7, 11) is 1.58. The molecule has 3 aromatic rings. The van der Waals surface area contributed by atoms with Gasteiger partial charge in [-0.3, -0.25) is 4.79 Å². The van der Waals surface area contributed by atoms with Crippen molar-refractivity contribution in [2.24, 2.45) is 0 Å². The first-order chi connectivity index (χ1) is 14.2. The summed E-state index contributed by atoms with van der Waals surface area (Å²) in [6.45, 7) is 3.36. The number of carbonyl (C=O) groups is 1. The lowest BCUT2D eigenvalue weighted by Gasteiger charge is -2.35. The van der Waals surface area contributed by atoms with Crippen LogP contribution >= 0.6 is 0 Å². The van der Waals surface area contributed by atoms with Crippen LogP contribution < -0.4 is 19.9 Å². The Morgan fingerprint density at radius 2 is 1.72 bits per heavy atom. The van der Waals surface area contributed by atoms with E-state index >= 15 is 0 Å². The summed E-state index contributed by atoms with van der Waals surface area (Å²) in [6.07, 6.45) is 1.81. The molecule has 3 heterocycles. The molecule has 148 valence electrons. The summed E-state index contributed by atoms with van der Waals surface area (Å²) < 4.78 is 5.17. The maximum atomic E-state index is 12.4. The highest BCUT2D eigenvalue weighted by molar-refractivity contribution is 6.02. The van der Waals surface area contributed by atoms with Crippen LogP contribution in [0.2, 0.25) is 0 Å². The smallest absolute Gasteiger partial charge is 0.276 e. The summed E-state index contributed by atoms with van der Waals surface area (Å²) in [5.41, 5.74) is 0.912. The Balaban J connectivity index is 1.36. The molecule has 0 radical (unpaired) electrons. The number of carbonyl (C=O) groups excluding carboxylic acids is 1. The van der Waals surface area contributed by atoms with E-state index in [9.17, 15) is 4.79 Å². The summed E-state index contributed by atoms with van der Waals surface area (Å²) in [5, 5.41) is 11.2. The third kappa shape index (κ3) is 4.43. The van der Waals surface area contributed by atoms with Gasteiger partial charge in [-0.1, -0.05) is 12.1 Å². The number of nitrogens with zero attached hydrogens (tertiary/aromatic N) is 5. The van der Waals surface area contributed by atoms with Crippen molar-refractivity contribution in [3.8, 4) is 5.75 Å². The minimum atomic E-state index is -0.308. The number of ether oxygens (including phenoxy) is 1. The van der Waals surface area contributed by atoms with Gasteiger partial charge in [0, 0.05) is 44.1 Å². The highest BCUT2D eigenvalue weighted by Gasteiger charge is 2.19. The molecule has 8 heteroatoms. The van der Waals surface area contributed by atoms with Gasteiger partial charge in [-0.15, -0.1) is 10.2 Å². The van der Waals surface area contributed by atoms with Crippen LogP contribution in [-0.2, 0) is 0 Å². The van der Waals surface area contributed by atoms with Gasteiger partial charge >= 0.3 is 0 Å². The van der Waals surface area contributed by atoms with Crippen LogP contribution in [0.25, 0.3) is 0 Å². The number of benzene rings is 1. The Hall–Kier alpha value is -3.68. The van der Waals surface area contributed by atoms with E-state index in [1.54, 1.807) is 25.3 Å². The van der Waals surface area contributed by atoms with Crippen molar-refractivity contribution >= 4 is 23.2 Å². The van der Waals surface area contributed by atoms with E-state index in [-0.39, 0.29) is 11.6 Å². The second kappa shape index (κ2) is 8.55. The van der Waals surface area contributed by atoms with Gasteiger partial charge in [-0.25, -0.2) is 4.98 Å². The normalized spacial score (nSPS) is 13.8. The summed E-state index contributed by atoms with van der Waals surface area (Å²) in [6, 6.07) is 16.6. The molecule has 0 aliphatic carbocycles. The quantitative estimate of drug-likeness (QED) is 0.716. The summed E-state index contributed by atoms with van der Waals surface area (Å²) in [4.78, 5) is 21.2. The van der Waals surface area contributed by atoms with E-state index in [4.69, 9.17) is 4.74 Å². The first-order valence-corrected chi connectivity index (χ1v) is 9.43. The second-order valence-corrected chi connectivity index (χ2v) is 6.62. The molecule has 1 fully saturated rings. The van der Waals surface area contributed by atoms with Gasteiger partial charge in [-0.2, -0.15) is 0 Å². The van der Waals surface area contributed by atoms with Gasteiger partial charge in [0.1, 0.15) is 11.6 Å². The van der Waals surface area contributed by atoms with Crippen LogP contribution in [-0.4, -0.2) is 54.4 Å². The third-order valence-corrected chi connectivity index (χ3v) is 4.79. The fourth-order valence-corrected chi connectivity index (χ4v) is 3.22. The maximum Gasteiger partial charge on any atom is 0.276 e. The maximum absolute atomic E-state index is 12.4. The number of hydrogen-bond acceptors (Lipinski definition) is 7. The van der Waals surface area contributed by atoms with Crippen LogP contribution in [0.4, 0.5) is 17.3 Å². The van der Waals surface area contributed by atoms with Crippen LogP contribution in [0.15, 0.2) is 60.8 Å². The van der Waals surface area contributed by atoms with Crippen molar-refractivity contribution < 1.29 is 9.53 Å². The molecule has 1 aromatic carbocycles. The lowest BCUT2D eigenvalue weighted by Crippen LogP contribution is -2.47. The average molecular weight is 390 g/mol. The van der Waals surface area contributed by atoms with Gasteiger partial charge in [0.2, 0.25) is 0 Å². The van der Waals surface area contributed by atoms with Gasteiger partial charge in [0.05, 0.1) is 7.11 Å². The lowest BCUT2D eigenvalue weighted by atomic mass is 10.2. The SMILES string of the molecule is COc1cccc(NC(=O)c2ccc(N3CCN(c4ccccn4)CC3)nn2)c1. The van der Waals surface area contributed by atoms with E-state index in [2.05, 4.69) is 30.3 Å². The Morgan fingerprint density at radius 3 is 2.38 bits per heavy atom. The van der Waals surface area contributed by atoms with Crippen molar-refractivity contribution in [3.63, 3.8) is 0 Å². The Morgan fingerprint density at radius 1 is 0.931 bits per heavy atom. The molecule has 1 N–H and O–H groups in total. The lowest BCUT2D eigenvalue weighted by molar-refractivity contribution is 0.102. The predicted octanol–water partition coefficient (Wildman–Crippen LogP) is 2.46. The number of pyridine rings is 1. The number of hydrogen-bond donors (Lipinski definition) is 1. The monoisotopic (exact) mass is 390 g/mol. The van der Waals surface area contributed by atoms with E-state index in [0.29, 0.717) is 11.4 Å².